The van der Waals surface area contributed by atoms with Crippen molar-refractivity contribution in [2.75, 3.05) is 29.1 Å². The van der Waals surface area contributed by atoms with Gasteiger partial charge in [-0.25, -0.2) is 0 Å². The highest BCUT2D eigenvalue weighted by Gasteiger charge is 2.10. The minimum Gasteiger partial charge on any atom is -0.394 e. The molecule has 1 rings (SSSR count). The van der Waals surface area contributed by atoms with Gasteiger partial charge in [0.15, 0.2) is 0 Å². The molecule has 1 aromatic rings. The fourth-order valence-corrected chi connectivity index (χ4v) is 1.47. The highest BCUT2D eigenvalue weighted by Crippen LogP contribution is 2.11. The summed E-state index contributed by atoms with van der Waals surface area (Å²) in [6, 6.07) is 0.147. The second-order valence-electron chi connectivity index (χ2n) is 4.71. The number of hydrogen-bond acceptors (Lipinski definition) is 7. The zero-order chi connectivity index (χ0) is 15.0. The van der Waals surface area contributed by atoms with E-state index < -0.39 is 0 Å². The SMILES string of the molecule is C=CCNc1nc(NC(C)C)nc(N[C@H](CC)CO)n1. The van der Waals surface area contributed by atoms with Crippen LogP contribution in [0.3, 0.4) is 0 Å². The average Bonchev–Trinajstić information content (AvgIpc) is 2.41. The molecule has 0 amide bonds. The van der Waals surface area contributed by atoms with E-state index in [1.807, 2.05) is 20.8 Å². The first-order chi connectivity index (χ1) is 9.58. The van der Waals surface area contributed by atoms with Crippen LogP contribution in [0.2, 0.25) is 0 Å². The number of aliphatic hydroxyl groups excluding tert-OH is 1. The molecular formula is C13H24N6O. The molecule has 0 spiro atoms. The third kappa shape index (κ3) is 5.40. The summed E-state index contributed by atoms with van der Waals surface area (Å²) in [5, 5.41) is 18.5. The van der Waals surface area contributed by atoms with E-state index in [1.165, 1.54) is 0 Å². The topological polar surface area (TPSA) is 95.0 Å². The van der Waals surface area contributed by atoms with E-state index in [4.69, 9.17) is 0 Å². The highest BCUT2D eigenvalue weighted by molar-refractivity contribution is 5.43. The Morgan fingerprint density at radius 2 is 1.75 bits per heavy atom. The second kappa shape index (κ2) is 8.31. The molecule has 0 aromatic carbocycles. The van der Waals surface area contributed by atoms with Crippen LogP contribution in [-0.2, 0) is 0 Å². The second-order valence-corrected chi connectivity index (χ2v) is 4.71. The molecule has 0 saturated carbocycles. The predicted molar refractivity (Wildman–Crippen MR) is 82.1 cm³/mol. The molecule has 7 heteroatoms. The molecule has 20 heavy (non-hydrogen) atoms. The number of hydrogen-bond donors (Lipinski definition) is 4. The predicted octanol–water partition coefficient (Wildman–Crippen LogP) is 1.47. The smallest absolute Gasteiger partial charge is 0.229 e. The van der Waals surface area contributed by atoms with E-state index in [9.17, 15) is 5.11 Å². The zero-order valence-electron chi connectivity index (χ0n) is 12.3. The molecule has 4 N–H and O–H groups in total. The van der Waals surface area contributed by atoms with Crippen LogP contribution in [0.15, 0.2) is 12.7 Å². The number of nitrogens with zero attached hydrogens (tertiary/aromatic N) is 3. The minimum atomic E-state index is -0.0726. The lowest BCUT2D eigenvalue weighted by molar-refractivity contribution is 0.271. The first-order valence-electron chi connectivity index (χ1n) is 6.83. The molecule has 0 saturated heterocycles. The van der Waals surface area contributed by atoms with Crippen LogP contribution in [0.5, 0.6) is 0 Å². The molecule has 1 atom stereocenters. The number of rotatable bonds is 9. The summed E-state index contributed by atoms with van der Waals surface area (Å²) < 4.78 is 0. The summed E-state index contributed by atoms with van der Waals surface area (Å²) in [7, 11) is 0. The molecule has 0 aliphatic rings. The van der Waals surface area contributed by atoms with Crippen molar-refractivity contribution < 1.29 is 5.11 Å². The average molecular weight is 280 g/mol. The van der Waals surface area contributed by atoms with Crippen molar-refractivity contribution in [1.29, 1.82) is 0 Å². The number of aliphatic hydroxyl groups is 1. The van der Waals surface area contributed by atoms with Crippen LogP contribution in [0.4, 0.5) is 17.8 Å². The Morgan fingerprint density at radius 3 is 2.25 bits per heavy atom. The fourth-order valence-electron chi connectivity index (χ4n) is 1.47. The van der Waals surface area contributed by atoms with Gasteiger partial charge in [0.1, 0.15) is 0 Å². The Balaban J connectivity index is 2.92. The van der Waals surface area contributed by atoms with Crippen LogP contribution in [-0.4, -0.2) is 45.3 Å². The van der Waals surface area contributed by atoms with Crippen molar-refractivity contribution in [1.82, 2.24) is 15.0 Å². The maximum atomic E-state index is 9.23. The Bertz CT molecular complexity index is 419. The lowest BCUT2D eigenvalue weighted by atomic mass is 10.2. The van der Waals surface area contributed by atoms with E-state index >= 15 is 0 Å². The Hall–Kier alpha value is -1.89. The van der Waals surface area contributed by atoms with Crippen molar-refractivity contribution in [3.63, 3.8) is 0 Å². The summed E-state index contributed by atoms with van der Waals surface area (Å²) >= 11 is 0. The molecule has 0 aliphatic heterocycles. The van der Waals surface area contributed by atoms with E-state index in [1.54, 1.807) is 6.08 Å². The molecule has 0 aliphatic carbocycles. The van der Waals surface area contributed by atoms with Crippen LogP contribution in [0, 0.1) is 0 Å². The van der Waals surface area contributed by atoms with Gasteiger partial charge in [-0.15, -0.1) is 6.58 Å². The van der Waals surface area contributed by atoms with Gasteiger partial charge >= 0.3 is 0 Å². The third-order valence-corrected chi connectivity index (χ3v) is 2.50. The van der Waals surface area contributed by atoms with Crippen LogP contribution in [0.25, 0.3) is 0 Å². The van der Waals surface area contributed by atoms with Gasteiger partial charge in [0.25, 0.3) is 0 Å². The fraction of sp³-hybridized carbons (Fsp3) is 0.615. The molecule has 7 nitrogen and oxygen atoms in total. The third-order valence-electron chi connectivity index (χ3n) is 2.50. The monoisotopic (exact) mass is 280 g/mol. The summed E-state index contributed by atoms with van der Waals surface area (Å²) in [5.74, 6) is 1.41. The van der Waals surface area contributed by atoms with Crippen molar-refractivity contribution >= 4 is 17.8 Å². The van der Waals surface area contributed by atoms with E-state index in [0.717, 1.165) is 6.42 Å². The van der Waals surface area contributed by atoms with E-state index in [2.05, 4.69) is 37.5 Å². The molecule has 0 bridgehead atoms. The lowest BCUT2D eigenvalue weighted by Crippen LogP contribution is -2.25. The Morgan fingerprint density at radius 1 is 1.15 bits per heavy atom. The van der Waals surface area contributed by atoms with Crippen molar-refractivity contribution in [2.24, 2.45) is 0 Å². The zero-order valence-corrected chi connectivity index (χ0v) is 12.3. The summed E-state index contributed by atoms with van der Waals surface area (Å²) in [4.78, 5) is 12.8. The van der Waals surface area contributed by atoms with Gasteiger partial charge in [-0.1, -0.05) is 13.0 Å². The largest absolute Gasteiger partial charge is 0.394 e. The quantitative estimate of drug-likeness (QED) is 0.509. The van der Waals surface area contributed by atoms with Crippen molar-refractivity contribution in [3.05, 3.63) is 12.7 Å². The molecule has 112 valence electrons. The van der Waals surface area contributed by atoms with Crippen LogP contribution in [0.1, 0.15) is 27.2 Å². The maximum Gasteiger partial charge on any atom is 0.229 e. The minimum absolute atomic E-state index is 0.0323. The number of nitrogens with one attached hydrogen (secondary N) is 3. The molecule has 0 radical (unpaired) electrons. The van der Waals surface area contributed by atoms with Gasteiger partial charge < -0.3 is 21.1 Å². The van der Waals surface area contributed by atoms with Crippen LogP contribution < -0.4 is 16.0 Å². The van der Waals surface area contributed by atoms with Gasteiger partial charge in [0.05, 0.1) is 12.6 Å². The summed E-state index contributed by atoms with van der Waals surface area (Å²) in [5.41, 5.74) is 0. The van der Waals surface area contributed by atoms with Gasteiger partial charge in [0.2, 0.25) is 17.8 Å². The highest BCUT2D eigenvalue weighted by atomic mass is 16.3. The van der Waals surface area contributed by atoms with Crippen molar-refractivity contribution in [3.8, 4) is 0 Å². The van der Waals surface area contributed by atoms with Crippen molar-refractivity contribution in [2.45, 2.75) is 39.3 Å². The van der Waals surface area contributed by atoms with Gasteiger partial charge in [-0.3, -0.25) is 0 Å². The maximum absolute atomic E-state index is 9.23. The molecular weight excluding hydrogens is 256 g/mol. The van der Waals surface area contributed by atoms with Gasteiger partial charge in [-0.2, -0.15) is 15.0 Å². The summed E-state index contributed by atoms with van der Waals surface area (Å²) in [6.45, 7) is 10.3. The van der Waals surface area contributed by atoms with Gasteiger partial charge in [0, 0.05) is 12.6 Å². The first-order valence-corrected chi connectivity index (χ1v) is 6.83. The molecule has 1 aromatic heterocycles. The lowest BCUT2D eigenvalue weighted by Gasteiger charge is -2.16. The van der Waals surface area contributed by atoms with Gasteiger partial charge in [-0.05, 0) is 20.3 Å². The standard InChI is InChI=1S/C13H24N6O/c1-5-7-14-11-17-12(15-9(3)4)19-13(18-11)16-10(6-2)8-20/h5,9-10,20H,1,6-8H2,2-4H3,(H3,14,15,16,17,18,19)/t10-/m1/s1. The number of aromatic nitrogens is 3. The Kier molecular flexibility index (Phi) is 6.72. The van der Waals surface area contributed by atoms with E-state index in [0.29, 0.717) is 24.4 Å². The molecule has 0 unspecified atom stereocenters. The molecule has 1 heterocycles. The molecule has 0 fully saturated rings. The first kappa shape index (κ1) is 16.2. The normalized spacial score (nSPS) is 12.1. The van der Waals surface area contributed by atoms with E-state index in [-0.39, 0.29) is 18.7 Å². The van der Waals surface area contributed by atoms with Crippen LogP contribution >= 0.6 is 0 Å². The number of anilines is 3. The Labute approximate surface area is 119 Å². The summed E-state index contributed by atoms with van der Waals surface area (Å²) in [6.07, 6.45) is 2.51.